The highest BCUT2D eigenvalue weighted by Crippen LogP contribution is 2.36. The Morgan fingerprint density at radius 1 is 1.40 bits per heavy atom. The quantitative estimate of drug-likeness (QED) is 0.667. The fraction of sp³-hybridized carbons (Fsp3) is 0.571. The molecule has 0 spiro atoms. The first-order valence-electron chi connectivity index (χ1n) is 7.08. The van der Waals surface area contributed by atoms with Gasteiger partial charge in [-0.25, -0.2) is 0 Å². The molecule has 1 fully saturated rings. The first kappa shape index (κ1) is 15.0. The van der Waals surface area contributed by atoms with Crippen molar-refractivity contribution in [1.29, 1.82) is 0 Å². The van der Waals surface area contributed by atoms with E-state index < -0.39 is 0 Å². The normalized spacial score (nSPS) is 15.8. The molecule has 20 heavy (non-hydrogen) atoms. The lowest BCUT2D eigenvalue weighted by Gasteiger charge is -2.23. The maximum Gasteiger partial charge on any atom is 0.315 e. The van der Waals surface area contributed by atoms with Gasteiger partial charge < -0.3 is 10.2 Å². The van der Waals surface area contributed by atoms with Crippen LogP contribution in [0.1, 0.15) is 19.8 Å². The third-order valence-electron chi connectivity index (χ3n) is 3.33. The molecule has 2 rings (SSSR count). The predicted octanol–water partition coefficient (Wildman–Crippen LogP) is 3.36. The van der Waals surface area contributed by atoms with Crippen LogP contribution in [0, 0.1) is 10.1 Å². The Morgan fingerprint density at radius 3 is 3.00 bits per heavy atom. The van der Waals surface area contributed by atoms with Crippen molar-refractivity contribution < 1.29 is 4.92 Å². The number of nitro groups is 1. The van der Waals surface area contributed by atoms with Gasteiger partial charge in [0, 0.05) is 25.4 Å². The van der Waals surface area contributed by atoms with E-state index in [1.807, 2.05) is 23.9 Å². The minimum atomic E-state index is -0.259. The standard InChI is InChI=1S/C14H21N3O2S/c1-2-7-15-12-5-3-6-13(14(12)17(18)19)16-8-4-10-20-11-9-16/h3,5-6,15H,2,4,7-11H2,1H3. The highest BCUT2D eigenvalue weighted by molar-refractivity contribution is 7.99. The zero-order chi connectivity index (χ0) is 14.4. The minimum Gasteiger partial charge on any atom is -0.379 e. The van der Waals surface area contributed by atoms with E-state index in [4.69, 9.17) is 0 Å². The molecule has 0 atom stereocenters. The number of nitrogens with zero attached hydrogens (tertiary/aromatic N) is 2. The van der Waals surface area contributed by atoms with Gasteiger partial charge in [0.2, 0.25) is 0 Å². The molecule has 1 saturated heterocycles. The number of rotatable bonds is 5. The average Bonchev–Trinajstić information content (AvgIpc) is 2.73. The molecule has 0 aliphatic carbocycles. The van der Waals surface area contributed by atoms with Gasteiger partial charge in [0.15, 0.2) is 0 Å². The van der Waals surface area contributed by atoms with Crippen LogP contribution in [0.4, 0.5) is 17.1 Å². The summed E-state index contributed by atoms with van der Waals surface area (Å²) in [7, 11) is 0. The number of thioether (sulfide) groups is 1. The van der Waals surface area contributed by atoms with Gasteiger partial charge in [0.1, 0.15) is 11.4 Å². The molecule has 5 nitrogen and oxygen atoms in total. The third-order valence-corrected chi connectivity index (χ3v) is 4.37. The Kier molecular flexibility index (Phi) is 5.52. The van der Waals surface area contributed by atoms with Gasteiger partial charge >= 0.3 is 5.69 Å². The van der Waals surface area contributed by atoms with Crippen molar-refractivity contribution in [2.45, 2.75) is 19.8 Å². The van der Waals surface area contributed by atoms with Crippen LogP contribution >= 0.6 is 11.8 Å². The summed E-state index contributed by atoms with van der Waals surface area (Å²) in [4.78, 5) is 13.4. The molecule has 0 saturated carbocycles. The first-order chi connectivity index (χ1) is 9.74. The molecular weight excluding hydrogens is 274 g/mol. The van der Waals surface area contributed by atoms with Crippen molar-refractivity contribution in [3.05, 3.63) is 28.3 Å². The number of anilines is 2. The number of para-hydroxylation sites is 1. The Bertz CT molecular complexity index is 460. The minimum absolute atomic E-state index is 0.216. The smallest absolute Gasteiger partial charge is 0.315 e. The maximum absolute atomic E-state index is 11.5. The van der Waals surface area contributed by atoms with Crippen LogP contribution < -0.4 is 10.2 Å². The van der Waals surface area contributed by atoms with Gasteiger partial charge in [-0.3, -0.25) is 10.1 Å². The van der Waals surface area contributed by atoms with Crippen molar-refractivity contribution in [2.75, 3.05) is 41.4 Å². The Hall–Kier alpha value is -1.43. The number of hydrogen-bond acceptors (Lipinski definition) is 5. The lowest BCUT2D eigenvalue weighted by molar-refractivity contribution is -0.383. The van der Waals surface area contributed by atoms with Crippen LogP contribution in [-0.4, -0.2) is 36.1 Å². The summed E-state index contributed by atoms with van der Waals surface area (Å²) in [5, 5.41) is 14.6. The fourth-order valence-electron chi connectivity index (χ4n) is 2.37. The van der Waals surface area contributed by atoms with E-state index in [9.17, 15) is 10.1 Å². The Morgan fingerprint density at radius 2 is 2.25 bits per heavy atom. The zero-order valence-electron chi connectivity index (χ0n) is 11.8. The molecule has 0 radical (unpaired) electrons. The van der Waals surface area contributed by atoms with Gasteiger partial charge in [0.05, 0.1) is 4.92 Å². The SMILES string of the molecule is CCCNc1cccc(N2CCCSCC2)c1[N+](=O)[O-]. The summed E-state index contributed by atoms with van der Waals surface area (Å²) in [5.41, 5.74) is 1.60. The van der Waals surface area contributed by atoms with Crippen LogP contribution in [-0.2, 0) is 0 Å². The number of nitro benzene ring substituents is 1. The molecule has 0 bridgehead atoms. The summed E-state index contributed by atoms with van der Waals surface area (Å²) in [6.45, 7) is 4.57. The van der Waals surface area contributed by atoms with Crippen molar-refractivity contribution >= 4 is 28.8 Å². The third kappa shape index (κ3) is 3.56. The lowest BCUT2D eigenvalue weighted by Crippen LogP contribution is -2.26. The maximum atomic E-state index is 11.5. The largest absolute Gasteiger partial charge is 0.379 e. The Balaban J connectivity index is 2.32. The molecule has 0 unspecified atom stereocenters. The molecule has 1 N–H and O–H groups in total. The van der Waals surface area contributed by atoms with Gasteiger partial charge in [0.25, 0.3) is 0 Å². The van der Waals surface area contributed by atoms with Crippen LogP contribution in [0.3, 0.4) is 0 Å². The van der Waals surface area contributed by atoms with E-state index in [1.54, 1.807) is 6.07 Å². The fourth-order valence-corrected chi connectivity index (χ4v) is 3.25. The van der Waals surface area contributed by atoms with E-state index in [2.05, 4.69) is 17.1 Å². The molecule has 0 aromatic heterocycles. The van der Waals surface area contributed by atoms with Crippen LogP contribution in [0.25, 0.3) is 0 Å². The highest BCUT2D eigenvalue weighted by atomic mass is 32.2. The summed E-state index contributed by atoms with van der Waals surface area (Å²) >= 11 is 1.92. The van der Waals surface area contributed by atoms with Crippen LogP contribution in [0.15, 0.2) is 18.2 Å². The molecular formula is C14H21N3O2S. The molecule has 6 heteroatoms. The number of benzene rings is 1. The molecule has 110 valence electrons. The Labute approximate surface area is 123 Å². The van der Waals surface area contributed by atoms with Crippen molar-refractivity contribution in [3.63, 3.8) is 0 Å². The number of hydrogen-bond donors (Lipinski definition) is 1. The molecule has 1 aromatic rings. The van der Waals surface area contributed by atoms with Crippen molar-refractivity contribution in [1.82, 2.24) is 0 Å². The van der Waals surface area contributed by atoms with Crippen molar-refractivity contribution in [2.24, 2.45) is 0 Å². The van der Waals surface area contributed by atoms with Gasteiger partial charge in [-0.15, -0.1) is 0 Å². The second kappa shape index (κ2) is 7.38. The van der Waals surface area contributed by atoms with Gasteiger partial charge in [-0.2, -0.15) is 11.8 Å². The van der Waals surface area contributed by atoms with Gasteiger partial charge in [-0.05, 0) is 30.7 Å². The van der Waals surface area contributed by atoms with E-state index >= 15 is 0 Å². The van der Waals surface area contributed by atoms with E-state index in [0.29, 0.717) is 5.69 Å². The average molecular weight is 295 g/mol. The molecule has 1 aliphatic rings. The predicted molar refractivity (Wildman–Crippen MR) is 86.0 cm³/mol. The second-order valence-electron chi connectivity index (χ2n) is 4.81. The second-order valence-corrected chi connectivity index (χ2v) is 6.03. The summed E-state index contributed by atoms with van der Waals surface area (Å²) in [6, 6.07) is 5.56. The summed E-state index contributed by atoms with van der Waals surface area (Å²) < 4.78 is 0. The lowest BCUT2D eigenvalue weighted by atomic mass is 10.2. The van der Waals surface area contributed by atoms with Crippen LogP contribution in [0.5, 0.6) is 0 Å². The molecule has 1 aromatic carbocycles. The first-order valence-corrected chi connectivity index (χ1v) is 8.23. The monoisotopic (exact) mass is 295 g/mol. The van der Waals surface area contributed by atoms with E-state index in [0.717, 1.165) is 49.7 Å². The molecule has 1 heterocycles. The molecule has 1 aliphatic heterocycles. The summed E-state index contributed by atoms with van der Waals surface area (Å²) in [6.07, 6.45) is 2.02. The summed E-state index contributed by atoms with van der Waals surface area (Å²) in [5.74, 6) is 2.17. The highest BCUT2D eigenvalue weighted by Gasteiger charge is 2.24. The number of nitrogens with one attached hydrogen (secondary N) is 1. The topological polar surface area (TPSA) is 58.4 Å². The van der Waals surface area contributed by atoms with Crippen LogP contribution in [0.2, 0.25) is 0 Å². The molecule has 0 amide bonds. The zero-order valence-corrected chi connectivity index (χ0v) is 12.6. The van der Waals surface area contributed by atoms with Gasteiger partial charge in [-0.1, -0.05) is 13.0 Å². The van der Waals surface area contributed by atoms with Crippen molar-refractivity contribution in [3.8, 4) is 0 Å². The van der Waals surface area contributed by atoms with E-state index in [1.165, 1.54) is 0 Å². The van der Waals surface area contributed by atoms with E-state index in [-0.39, 0.29) is 10.6 Å².